The number of benzene rings is 3. The van der Waals surface area contributed by atoms with Crippen molar-refractivity contribution in [2.24, 2.45) is 0 Å². The van der Waals surface area contributed by atoms with Crippen LogP contribution in [0, 0.1) is 6.92 Å². The van der Waals surface area contributed by atoms with Gasteiger partial charge in [0.1, 0.15) is 0 Å². The lowest BCUT2D eigenvalue weighted by atomic mass is 10.0. The van der Waals surface area contributed by atoms with Gasteiger partial charge < -0.3 is 0 Å². The predicted molar refractivity (Wildman–Crippen MR) is 97.4 cm³/mol. The van der Waals surface area contributed by atoms with Crippen LogP contribution in [-0.4, -0.2) is 4.98 Å². The van der Waals surface area contributed by atoms with Crippen LogP contribution in [0.15, 0.2) is 84.9 Å². The molecule has 0 atom stereocenters. The largest absolute Gasteiger partial charge is 0.248 e. The van der Waals surface area contributed by atoms with Crippen molar-refractivity contribution in [3.8, 4) is 22.4 Å². The van der Waals surface area contributed by atoms with Gasteiger partial charge >= 0.3 is 0 Å². The Morgan fingerprint density at radius 1 is 0.609 bits per heavy atom. The molecule has 0 bridgehead atoms. The molecule has 4 rings (SSSR count). The Morgan fingerprint density at radius 2 is 1.22 bits per heavy atom. The van der Waals surface area contributed by atoms with Gasteiger partial charge in [0.05, 0.1) is 11.2 Å². The molecule has 1 heteroatoms. The van der Waals surface area contributed by atoms with Gasteiger partial charge in [-0.05, 0) is 35.7 Å². The molecule has 0 aliphatic heterocycles. The summed E-state index contributed by atoms with van der Waals surface area (Å²) in [5.41, 5.74) is 6.93. The average molecular weight is 295 g/mol. The fraction of sp³-hybridized carbons (Fsp3) is 0.0455. The molecule has 0 N–H and O–H groups in total. The molecule has 1 nitrogen and oxygen atoms in total. The Labute approximate surface area is 136 Å². The second-order valence-electron chi connectivity index (χ2n) is 5.79. The average Bonchev–Trinajstić information content (AvgIpc) is 2.62. The fourth-order valence-electron chi connectivity index (χ4n) is 2.97. The Balaban J connectivity index is 1.78. The second kappa shape index (κ2) is 5.69. The number of aromatic nitrogens is 1. The normalized spacial score (nSPS) is 10.8. The molecule has 1 aromatic heterocycles. The van der Waals surface area contributed by atoms with Gasteiger partial charge in [-0.3, -0.25) is 0 Å². The lowest BCUT2D eigenvalue weighted by Crippen LogP contribution is -1.90. The van der Waals surface area contributed by atoms with Gasteiger partial charge in [0.2, 0.25) is 0 Å². The Bertz CT molecular complexity index is 954. The molecule has 110 valence electrons. The molecule has 0 aliphatic carbocycles. The van der Waals surface area contributed by atoms with Crippen molar-refractivity contribution in [3.63, 3.8) is 0 Å². The minimum atomic E-state index is 1.04. The van der Waals surface area contributed by atoms with Crippen LogP contribution < -0.4 is 0 Å². The van der Waals surface area contributed by atoms with Gasteiger partial charge in [0, 0.05) is 10.9 Å². The molecule has 4 aromatic rings. The summed E-state index contributed by atoms with van der Waals surface area (Å²) < 4.78 is 0. The minimum absolute atomic E-state index is 1.04. The monoisotopic (exact) mass is 295 g/mol. The van der Waals surface area contributed by atoms with Gasteiger partial charge in [-0.25, -0.2) is 4.98 Å². The van der Waals surface area contributed by atoms with Crippen LogP contribution in [0.1, 0.15) is 5.56 Å². The third-order valence-electron chi connectivity index (χ3n) is 4.18. The lowest BCUT2D eigenvalue weighted by Gasteiger charge is -2.09. The first-order valence-electron chi connectivity index (χ1n) is 7.83. The highest BCUT2D eigenvalue weighted by atomic mass is 14.7. The molecule has 3 aromatic carbocycles. The summed E-state index contributed by atoms with van der Waals surface area (Å²) in [5.74, 6) is 0. The van der Waals surface area contributed by atoms with Crippen LogP contribution in [-0.2, 0) is 0 Å². The Hall–Kier alpha value is -2.93. The van der Waals surface area contributed by atoms with Crippen molar-refractivity contribution in [3.05, 3.63) is 90.5 Å². The van der Waals surface area contributed by atoms with E-state index in [-0.39, 0.29) is 0 Å². The van der Waals surface area contributed by atoms with E-state index in [9.17, 15) is 0 Å². The number of hydrogen-bond acceptors (Lipinski definition) is 1. The first-order valence-corrected chi connectivity index (χ1v) is 7.83. The van der Waals surface area contributed by atoms with Crippen LogP contribution in [0.4, 0.5) is 0 Å². The number of pyridine rings is 1. The van der Waals surface area contributed by atoms with E-state index in [0.717, 1.165) is 16.8 Å². The minimum Gasteiger partial charge on any atom is -0.248 e. The quantitative estimate of drug-likeness (QED) is 0.450. The standard InChI is InChI=1S/C22H17N/c1-16-15-20-9-5-6-10-21(20)23-22(16)19-13-11-18(12-14-19)17-7-3-2-4-8-17/h2-15H,1H3. The molecule has 0 amide bonds. The lowest BCUT2D eigenvalue weighted by molar-refractivity contribution is 1.33. The maximum absolute atomic E-state index is 4.85. The van der Waals surface area contributed by atoms with Crippen molar-refractivity contribution in [1.29, 1.82) is 0 Å². The van der Waals surface area contributed by atoms with Gasteiger partial charge in [0.25, 0.3) is 0 Å². The molecule has 0 fully saturated rings. The summed E-state index contributed by atoms with van der Waals surface area (Å²) in [6.45, 7) is 2.12. The fourth-order valence-corrected chi connectivity index (χ4v) is 2.97. The van der Waals surface area contributed by atoms with E-state index in [2.05, 4.69) is 79.7 Å². The summed E-state index contributed by atoms with van der Waals surface area (Å²) in [5, 5.41) is 1.19. The van der Waals surface area contributed by atoms with E-state index in [4.69, 9.17) is 4.98 Å². The van der Waals surface area contributed by atoms with E-state index in [0.29, 0.717) is 0 Å². The Kier molecular flexibility index (Phi) is 3.39. The molecule has 0 spiro atoms. The SMILES string of the molecule is Cc1cc2ccccc2nc1-c1ccc(-c2ccccc2)cc1. The van der Waals surface area contributed by atoms with Gasteiger partial charge in [-0.15, -0.1) is 0 Å². The summed E-state index contributed by atoms with van der Waals surface area (Å²) in [4.78, 5) is 4.85. The number of aryl methyl sites for hydroxylation is 1. The molecule has 23 heavy (non-hydrogen) atoms. The maximum Gasteiger partial charge on any atom is 0.0738 e. The van der Waals surface area contributed by atoms with Crippen LogP contribution >= 0.6 is 0 Å². The molecule has 0 unspecified atom stereocenters. The van der Waals surface area contributed by atoms with E-state index >= 15 is 0 Å². The third-order valence-corrected chi connectivity index (χ3v) is 4.18. The topological polar surface area (TPSA) is 12.9 Å². The summed E-state index contributed by atoms with van der Waals surface area (Å²) >= 11 is 0. The molecule has 0 radical (unpaired) electrons. The highest BCUT2D eigenvalue weighted by molar-refractivity contribution is 5.83. The summed E-state index contributed by atoms with van der Waals surface area (Å²) in [6, 6.07) is 29.6. The van der Waals surface area contributed by atoms with Gasteiger partial charge in [-0.2, -0.15) is 0 Å². The van der Waals surface area contributed by atoms with Crippen LogP contribution in [0.5, 0.6) is 0 Å². The molecular formula is C22H17N. The second-order valence-corrected chi connectivity index (χ2v) is 5.79. The summed E-state index contributed by atoms with van der Waals surface area (Å²) in [7, 11) is 0. The zero-order valence-electron chi connectivity index (χ0n) is 13.0. The van der Waals surface area contributed by atoms with Crippen LogP contribution in [0.3, 0.4) is 0 Å². The number of fused-ring (bicyclic) bond motifs is 1. The molecular weight excluding hydrogens is 278 g/mol. The van der Waals surface area contributed by atoms with E-state index in [1.165, 1.54) is 22.1 Å². The first-order chi connectivity index (χ1) is 11.3. The van der Waals surface area contributed by atoms with Crippen molar-refractivity contribution >= 4 is 10.9 Å². The number of hydrogen-bond donors (Lipinski definition) is 0. The molecule has 1 heterocycles. The molecule has 0 aliphatic rings. The predicted octanol–water partition coefficient (Wildman–Crippen LogP) is 5.88. The maximum atomic E-state index is 4.85. The Morgan fingerprint density at radius 3 is 2.00 bits per heavy atom. The summed E-state index contributed by atoms with van der Waals surface area (Å²) in [6.07, 6.45) is 0. The van der Waals surface area contributed by atoms with Crippen LogP contribution in [0.2, 0.25) is 0 Å². The zero-order chi connectivity index (χ0) is 15.6. The van der Waals surface area contributed by atoms with Crippen molar-refractivity contribution in [2.75, 3.05) is 0 Å². The third kappa shape index (κ3) is 2.62. The van der Waals surface area contributed by atoms with E-state index in [1.807, 2.05) is 12.1 Å². The molecule has 0 saturated heterocycles. The van der Waals surface area contributed by atoms with Gasteiger partial charge in [0.15, 0.2) is 0 Å². The highest BCUT2D eigenvalue weighted by Crippen LogP contribution is 2.27. The van der Waals surface area contributed by atoms with Crippen LogP contribution in [0.25, 0.3) is 33.3 Å². The highest BCUT2D eigenvalue weighted by Gasteiger charge is 2.06. The van der Waals surface area contributed by atoms with Crippen molar-refractivity contribution < 1.29 is 0 Å². The molecule has 0 saturated carbocycles. The van der Waals surface area contributed by atoms with E-state index in [1.54, 1.807) is 0 Å². The smallest absolute Gasteiger partial charge is 0.0738 e. The zero-order valence-corrected chi connectivity index (χ0v) is 13.0. The van der Waals surface area contributed by atoms with Crippen molar-refractivity contribution in [2.45, 2.75) is 6.92 Å². The number of nitrogens with zero attached hydrogens (tertiary/aromatic N) is 1. The number of para-hydroxylation sites is 1. The number of rotatable bonds is 2. The van der Waals surface area contributed by atoms with E-state index < -0.39 is 0 Å². The first kappa shape index (κ1) is 13.7. The van der Waals surface area contributed by atoms with Gasteiger partial charge in [-0.1, -0.05) is 72.8 Å². The van der Waals surface area contributed by atoms with Crippen molar-refractivity contribution in [1.82, 2.24) is 4.98 Å².